The Morgan fingerprint density at radius 2 is 1.90 bits per heavy atom. The standard InChI is InChI=1S/C18H25N3/c1-4-21(13-17-7-5-6-12-20-17)14-18(19-3)16-10-8-15(2)9-11-16/h5-12,18-19H,4,13-14H2,1-3H3. The summed E-state index contributed by atoms with van der Waals surface area (Å²) in [5, 5.41) is 3.43. The Kier molecular flexibility index (Phi) is 5.90. The highest BCUT2D eigenvalue weighted by Gasteiger charge is 2.14. The molecule has 1 unspecified atom stereocenters. The molecule has 1 heterocycles. The summed E-state index contributed by atoms with van der Waals surface area (Å²) in [4.78, 5) is 6.84. The van der Waals surface area contributed by atoms with Gasteiger partial charge in [0.05, 0.1) is 5.69 Å². The van der Waals surface area contributed by atoms with Crippen molar-refractivity contribution >= 4 is 0 Å². The van der Waals surface area contributed by atoms with Crippen LogP contribution >= 0.6 is 0 Å². The molecule has 0 radical (unpaired) electrons. The predicted octanol–water partition coefficient (Wildman–Crippen LogP) is 3.17. The van der Waals surface area contributed by atoms with E-state index >= 15 is 0 Å². The van der Waals surface area contributed by atoms with Crippen molar-refractivity contribution in [2.75, 3.05) is 20.1 Å². The number of hydrogen-bond acceptors (Lipinski definition) is 3. The molecule has 0 bridgehead atoms. The maximum absolute atomic E-state index is 4.42. The molecule has 112 valence electrons. The minimum absolute atomic E-state index is 0.342. The van der Waals surface area contributed by atoms with Crippen LogP contribution in [0.4, 0.5) is 0 Å². The van der Waals surface area contributed by atoms with Crippen LogP contribution in [0, 0.1) is 6.92 Å². The molecular formula is C18H25N3. The number of nitrogens with one attached hydrogen (secondary N) is 1. The van der Waals surface area contributed by atoms with E-state index in [4.69, 9.17) is 0 Å². The summed E-state index contributed by atoms with van der Waals surface area (Å²) >= 11 is 0. The monoisotopic (exact) mass is 283 g/mol. The fourth-order valence-electron chi connectivity index (χ4n) is 2.45. The van der Waals surface area contributed by atoms with Crippen molar-refractivity contribution in [2.45, 2.75) is 26.4 Å². The first-order valence-corrected chi connectivity index (χ1v) is 7.59. The molecule has 0 amide bonds. The van der Waals surface area contributed by atoms with Crippen LogP contribution in [-0.4, -0.2) is 30.0 Å². The molecule has 21 heavy (non-hydrogen) atoms. The number of likely N-dealkylation sites (N-methyl/N-ethyl adjacent to an activating group) is 2. The van der Waals surface area contributed by atoms with E-state index in [-0.39, 0.29) is 0 Å². The van der Waals surface area contributed by atoms with Crippen molar-refractivity contribution in [3.8, 4) is 0 Å². The summed E-state index contributed by atoms with van der Waals surface area (Å²) in [6.45, 7) is 7.21. The van der Waals surface area contributed by atoms with Gasteiger partial charge in [-0.05, 0) is 38.2 Å². The molecule has 2 rings (SSSR count). The van der Waals surface area contributed by atoms with Gasteiger partial charge in [0.1, 0.15) is 0 Å². The van der Waals surface area contributed by atoms with Gasteiger partial charge in [-0.25, -0.2) is 0 Å². The lowest BCUT2D eigenvalue weighted by molar-refractivity contribution is 0.247. The van der Waals surface area contributed by atoms with Crippen molar-refractivity contribution in [3.63, 3.8) is 0 Å². The average Bonchev–Trinajstić information content (AvgIpc) is 2.53. The number of hydrogen-bond donors (Lipinski definition) is 1. The molecule has 0 fully saturated rings. The first-order valence-electron chi connectivity index (χ1n) is 7.59. The molecule has 0 aliphatic heterocycles. The van der Waals surface area contributed by atoms with Gasteiger partial charge >= 0.3 is 0 Å². The third-order valence-corrected chi connectivity index (χ3v) is 3.83. The van der Waals surface area contributed by atoms with E-state index in [1.54, 1.807) is 0 Å². The topological polar surface area (TPSA) is 28.2 Å². The van der Waals surface area contributed by atoms with E-state index in [1.807, 2.05) is 25.4 Å². The van der Waals surface area contributed by atoms with Crippen molar-refractivity contribution in [1.82, 2.24) is 15.2 Å². The quantitative estimate of drug-likeness (QED) is 0.846. The average molecular weight is 283 g/mol. The fraction of sp³-hybridized carbons (Fsp3) is 0.389. The molecular weight excluding hydrogens is 258 g/mol. The van der Waals surface area contributed by atoms with Gasteiger partial charge in [0.2, 0.25) is 0 Å². The summed E-state index contributed by atoms with van der Waals surface area (Å²) in [5.74, 6) is 0. The Morgan fingerprint density at radius 3 is 2.48 bits per heavy atom. The summed E-state index contributed by atoms with van der Waals surface area (Å²) < 4.78 is 0. The molecule has 1 N–H and O–H groups in total. The summed E-state index contributed by atoms with van der Waals surface area (Å²) in [6.07, 6.45) is 1.86. The maximum Gasteiger partial charge on any atom is 0.0543 e. The van der Waals surface area contributed by atoms with Gasteiger partial charge in [-0.2, -0.15) is 0 Å². The van der Waals surface area contributed by atoms with E-state index in [0.29, 0.717) is 6.04 Å². The van der Waals surface area contributed by atoms with E-state index in [1.165, 1.54) is 11.1 Å². The number of rotatable bonds is 7. The van der Waals surface area contributed by atoms with Crippen molar-refractivity contribution in [2.24, 2.45) is 0 Å². The maximum atomic E-state index is 4.42. The first-order chi connectivity index (χ1) is 10.2. The van der Waals surface area contributed by atoms with Crippen molar-refractivity contribution in [1.29, 1.82) is 0 Å². The second-order valence-electron chi connectivity index (χ2n) is 5.40. The van der Waals surface area contributed by atoms with Gasteiger partial charge in [-0.15, -0.1) is 0 Å². The van der Waals surface area contributed by atoms with E-state index in [2.05, 4.69) is 59.4 Å². The van der Waals surface area contributed by atoms with Crippen LogP contribution in [0.5, 0.6) is 0 Å². The zero-order chi connectivity index (χ0) is 15.1. The first kappa shape index (κ1) is 15.7. The Hall–Kier alpha value is -1.71. The van der Waals surface area contributed by atoms with Crippen LogP contribution in [0.25, 0.3) is 0 Å². The van der Waals surface area contributed by atoms with Gasteiger partial charge < -0.3 is 5.32 Å². The molecule has 3 heteroatoms. The highest BCUT2D eigenvalue weighted by molar-refractivity contribution is 5.24. The summed E-state index contributed by atoms with van der Waals surface area (Å²) in [5.41, 5.74) is 3.76. The predicted molar refractivity (Wildman–Crippen MR) is 88.2 cm³/mol. The van der Waals surface area contributed by atoms with Crippen molar-refractivity contribution in [3.05, 3.63) is 65.5 Å². The lowest BCUT2D eigenvalue weighted by atomic mass is 10.0. The van der Waals surface area contributed by atoms with Gasteiger partial charge in [0.15, 0.2) is 0 Å². The third kappa shape index (κ3) is 4.66. The zero-order valence-corrected chi connectivity index (χ0v) is 13.2. The van der Waals surface area contributed by atoms with Crippen LogP contribution in [0.2, 0.25) is 0 Å². The van der Waals surface area contributed by atoms with Crippen molar-refractivity contribution < 1.29 is 0 Å². The molecule has 0 saturated heterocycles. The minimum Gasteiger partial charge on any atom is -0.312 e. The SMILES string of the molecule is CCN(Cc1ccccn1)CC(NC)c1ccc(C)cc1. The number of benzene rings is 1. The van der Waals surface area contributed by atoms with E-state index < -0.39 is 0 Å². The second-order valence-corrected chi connectivity index (χ2v) is 5.40. The zero-order valence-electron chi connectivity index (χ0n) is 13.2. The van der Waals surface area contributed by atoms with Gasteiger partial charge in [-0.1, -0.05) is 42.8 Å². The highest BCUT2D eigenvalue weighted by atomic mass is 15.1. The van der Waals surface area contributed by atoms with E-state index in [9.17, 15) is 0 Å². The van der Waals surface area contributed by atoms with Crippen LogP contribution in [0.15, 0.2) is 48.7 Å². The molecule has 0 saturated carbocycles. The normalized spacial score (nSPS) is 12.6. The van der Waals surface area contributed by atoms with Gasteiger partial charge in [0.25, 0.3) is 0 Å². The second kappa shape index (κ2) is 7.91. The largest absolute Gasteiger partial charge is 0.312 e. The molecule has 0 aliphatic rings. The van der Waals surface area contributed by atoms with Crippen LogP contribution in [0.1, 0.15) is 29.8 Å². The smallest absolute Gasteiger partial charge is 0.0543 e. The molecule has 1 atom stereocenters. The van der Waals surface area contributed by atoms with E-state index in [0.717, 1.165) is 25.3 Å². The molecule has 1 aromatic carbocycles. The Morgan fingerprint density at radius 1 is 1.14 bits per heavy atom. The number of nitrogens with zero attached hydrogens (tertiary/aromatic N) is 2. The number of aryl methyl sites for hydroxylation is 1. The number of aromatic nitrogens is 1. The van der Waals surface area contributed by atoms with Crippen LogP contribution in [-0.2, 0) is 6.54 Å². The Balaban J connectivity index is 2.03. The lowest BCUT2D eigenvalue weighted by Gasteiger charge is -2.26. The molecule has 0 aliphatic carbocycles. The lowest BCUT2D eigenvalue weighted by Crippen LogP contribution is -2.33. The molecule has 2 aromatic rings. The fourth-order valence-corrected chi connectivity index (χ4v) is 2.45. The Labute approximate surface area is 128 Å². The molecule has 3 nitrogen and oxygen atoms in total. The molecule has 0 spiro atoms. The Bertz CT molecular complexity index is 522. The van der Waals surface area contributed by atoms with Crippen LogP contribution < -0.4 is 5.32 Å². The molecule has 1 aromatic heterocycles. The van der Waals surface area contributed by atoms with Gasteiger partial charge in [-0.3, -0.25) is 9.88 Å². The summed E-state index contributed by atoms with van der Waals surface area (Å²) in [7, 11) is 2.03. The minimum atomic E-state index is 0.342. The summed E-state index contributed by atoms with van der Waals surface area (Å²) in [6, 6.07) is 15.2. The van der Waals surface area contributed by atoms with Crippen LogP contribution in [0.3, 0.4) is 0 Å². The third-order valence-electron chi connectivity index (χ3n) is 3.83. The van der Waals surface area contributed by atoms with Gasteiger partial charge in [0, 0.05) is 25.3 Å². The number of pyridine rings is 1. The highest BCUT2D eigenvalue weighted by Crippen LogP contribution is 2.16.